The fourth-order valence-electron chi connectivity index (χ4n) is 1.33. The monoisotopic (exact) mass is 256 g/mol. The molecule has 0 saturated carbocycles. The predicted molar refractivity (Wildman–Crippen MR) is 59.4 cm³/mol. The van der Waals surface area contributed by atoms with Crippen LogP contribution in [-0.2, 0) is 13.9 Å². The van der Waals surface area contributed by atoms with E-state index in [-0.39, 0.29) is 5.97 Å². The van der Waals surface area contributed by atoms with Gasteiger partial charge in [0.05, 0.1) is 7.11 Å². The summed E-state index contributed by atoms with van der Waals surface area (Å²) in [6, 6.07) is 9.56. The Morgan fingerprint density at radius 1 is 1.43 bits per heavy atom. The smallest absolute Gasteiger partial charge is 0.327 e. The highest BCUT2D eigenvalue weighted by molar-refractivity contribution is 9.10. The number of carbonyl (C=O) groups excluding carboxylic acids is 1. The van der Waals surface area contributed by atoms with Crippen molar-refractivity contribution in [1.82, 2.24) is 0 Å². The van der Waals surface area contributed by atoms with Crippen molar-refractivity contribution in [3.63, 3.8) is 0 Å². The van der Waals surface area contributed by atoms with Crippen LogP contribution in [0.1, 0.15) is 18.9 Å². The van der Waals surface area contributed by atoms with E-state index in [0.29, 0.717) is 6.42 Å². The van der Waals surface area contributed by atoms with Gasteiger partial charge in [0.2, 0.25) is 0 Å². The molecule has 0 N–H and O–H groups in total. The second-order valence-electron chi connectivity index (χ2n) is 3.01. The molecular weight excluding hydrogens is 244 g/mol. The molecule has 0 heterocycles. The van der Waals surface area contributed by atoms with Crippen molar-refractivity contribution < 1.29 is 9.53 Å². The molecule has 3 heteroatoms. The van der Waals surface area contributed by atoms with E-state index in [0.717, 1.165) is 5.56 Å². The lowest BCUT2D eigenvalue weighted by Gasteiger charge is -2.23. The Morgan fingerprint density at radius 3 is 2.43 bits per heavy atom. The molecule has 0 bridgehead atoms. The molecule has 0 fully saturated rings. The molecule has 1 rings (SSSR count). The molecule has 0 aliphatic rings. The lowest BCUT2D eigenvalue weighted by Crippen LogP contribution is -2.29. The van der Waals surface area contributed by atoms with E-state index >= 15 is 0 Å². The fraction of sp³-hybridized carbons (Fsp3) is 0.364. The topological polar surface area (TPSA) is 26.3 Å². The summed E-state index contributed by atoms with van der Waals surface area (Å²) in [5.74, 6) is -0.258. The van der Waals surface area contributed by atoms with Gasteiger partial charge in [-0.1, -0.05) is 53.2 Å². The number of hydrogen-bond acceptors (Lipinski definition) is 2. The Kier molecular flexibility index (Phi) is 3.69. The van der Waals surface area contributed by atoms with E-state index in [9.17, 15) is 4.79 Å². The average molecular weight is 257 g/mol. The maximum Gasteiger partial charge on any atom is 0.327 e. The van der Waals surface area contributed by atoms with E-state index in [4.69, 9.17) is 4.74 Å². The highest BCUT2D eigenvalue weighted by Crippen LogP contribution is 2.35. The summed E-state index contributed by atoms with van der Waals surface area (Å²) < 4.78 is 4.07. The Hall–Kier alpha value is -0.830. The van der Waals surface area contributed by atoms with Crippen LogP contribution in [-0.4, -0.2) is 13.1 Å². The van der Waals surface area contributed by atoms with Crippen LogP contribution in [0.5, 0.6) is 0 Å². The Labute approximate surface area is 92.4 Å². The number of esters is 1. The second kappa shape index (κ2) is 4.60. The van der Waals surface area contributed by atoms with Gasteiger partial charge in [0.1, 0.15) is 4.32 Å². The normalized spacial score (nSPS) is 14.5. The maximum absolute atomic E-state index is 11.6. The van der Waals surface area contributed by atoms with Crippen molar-refractivity contribution in [2.75, 3.05) is 7.11 Å². The van der Waals surface area contributed by atoms with Crippen LogP contribution in [0.2, 0.25) is 0 Å². The van der Waals surface area contributed by atoms with Crippen molar-refractivity contribution in [3.8, 4) is 0 Å². The van der Waals surface area contributed by atoms with E-state index in [1.165, 1.54) is 7.11 Å². The lowest BCUT2D eigenvalue weighted by atomic mass is 9.96. The molecular formula is C11H13BrO2. The molecule has 0 radical (unpaired) electrons. The van der Waals surface area contributed by atoms with E-state index < -0.39 is 4.32 Å². The summed E-state index contributed by atoms with van der Waals surface area (Å²) >= 11 is 3.44. The lowest BCUT2D eigenvalue weighted by molar-refractivity contribution is -0.143. The number of ether oxygens (including phenoxy) is 1. The first kappa shape index (κ1) is 11.2. The molecule has 0 aliphatic carbocycles. The first-order chi connectivity index (χ1) is 6.65. The number of rotatable bonds is 3. The van der Waals surface area contributed by atoms with Gasteiger partial charge in [-0.15, -0.1) is 0 Å². The van der Waals surface area contributed by atoms with Crippen LogP contribution in [0.25, 0.3) is 0 Å². The van der Waals surface area contributed by atoms with Crippen LogP contribution < -0.4 is 0 Å². The highest BCUT2D eigenvalue weighted by atomic mass is 79.9. The van der Waals surface area contributed by atoms with E-state index in [1.807, 2.05) is 37.3 Å². The summed E-state index contributed by atoms with van der Waals surface area (Å²) in [4.78, 5) is 11.6. The Balaban J connectivity index is 3.08. The highest BCUT2D eigenvalue weighted by Gasteiger charge is 2.36. The molecule has 0 amide bonds. The summed E-state index contributed by atoms with van der Waals surface area (Å²) in [5.41, 5.74) is 0.925. The minimum atomic E-state index is -0.705. The number of carbonyl (C=O) groups is 1. The van der Waals surface area contributed by atoms with Crippen LogP contribution in [0.3, 0.4) is 0 Å². The van der Waals surface area contributed by atoms with Gasteiger partial charge in [-0.25, -0.2) is 0 Å². The first-order valence-corrected chi connectivity index (χ1v) is 5.27. The SMILES string of the molecule is CCC(Br)(C(=O)OC)c1ccccc1. The molecule has 1 aromatic rings. The van der Waals surface area contributed by atoms with E-state index in [2.05, 4.69) is 15.9 Å². The fourth-order valence-corrected chi connectivity index (χ4v) is 1.76. The van der Waals surface area contributed by atoms with Crippen LogP contribution in [0, 0.1) is 0 Å². The van der Waals surface area contributed by atoms with Crippen LogP contribution in [0.15, 0.2) is 30.3 Å². The molecule has 1 unspecified atom stereocenters. The van der Waals surface area contributed by atoms with Gasteiger partial charge in [-0.05, 0) is 12.0 Å². The quantitative estimate of drug-likeness (QED) is 0.614. The number of benzene rings is 1. The van der Waals surface area contributed by atoms with Crippen LogP contribution in [0.4, 0.5) is 0 Å². The van der Waals surface area contributed by atoms with Gasteiger partial charge in [-0.2, -0.15) is 0 Å². The summed E-state index contributed by atoms with van der Waals surface area (Å²) in [5, 5.41) is 0. The van der Waals surface area contributed by atoms with Gasteiger partial charge < -0.3 is 4.74 Å². The third-order valence-corrected chi connectivity index (χ3v) is 3.57. The zero-order chi connectivity index (χ0) is 10.6. The van der Waals surface area contributed by atoms with Crippen molar-refractivity contribution in [1.29, 1.82) is 0 Å². The molecule has 1 atom stereocenters. The molecule has 0 aromatic heterocycles. The average Bonchev–Trinajstić information content (AvgIpc) is 2.28. The molecule has 1 aromatic carbocycles. The van der Waals surface area contributed by atoms with Crippen molar-refractivity contribution >= 4 is 21.9 Å². The zero-order valence-electron chi connectivity index (χ0n) is 8.29. The van der Waals surface area contributed by atoms with Gasteiger partial charge in [0.15, 0.2) is 0 Å². The Bertz CT molecular complexity index is 310. The summed E-state index contributed by atoms with van der Waals surface area (Å²) in [7, 11) is 1.40. The van der Waals surface area contributed by atoms with Gasteiger partial charge in [0, 0.05) is 0 Å². The predicted octanol–water partition coefficient (Wildman–Crippen LogP) is 2.86. The maximum atomic E-state index is 11.6. The minimum Gasteiger partial charge on any atom is -0.468 e. The Morgan fingerprint density at radius 2 is 2.00 bits per heavy atom. The molecule has 0 spiro atoms. The van der Waals surface area contributed by atoms with E-state index in [1.54, 1.807) is 0 Å². The van der Waals surface area contributed by atoms with Gasteiger partial charge >= 0.3 is 5.97 Å². The van der Waals surface area contributed by atoms with Crippen molar-refractivity contribution in [3.05, 3.63) is 35.9 Å². The third kappa shape index (κ3) is 1.98. The third-order valence-electron chi connectivity index (χ3n) is 2.23. The van der Waals surface area contributed by atoms with Crippen molar-refractivity contribution in [2.45, 2.75) is 17.7 Å². The zero-order valence-corrected chi connectivity index (χ0v) is 9.87. The first-order valence-electron chi connectivity index (χ1n) is 4.48. The molecule has 14 heavy (non-hydrogen) atoms. The largest absolute Gasteiger partial charge is 0.468 e. The summed E-state index contributed by atoms with van der Waals surface area (Å²) in [6.07, 6.45) is 0.656. The number of hydrogen-bond donors (Lipinski definition) is 0. The molecule has 76 valence electrons. The summed E-state index contributed by atoms with van der Waals surface area (Å²) in [6.45, 7) is 1.94. The van der Waals surface area contributed by atoms with Gasteiger partial charge in [-0.3, -0.25) is 4.79 Å². The van der Waals surface area contributed by atoms with Gasteiger partial charge in [0.25, 0.3) is 0 Å². The second-order valence-corrected chi connectivity index (χ2v) is 4.37. The molecule has 2 nitrogen and oxygen atoms in total. The molecule has 0 aliphatic heterocycles. The van der Waals surface area contributed by atoms with Crippen molar-refractivity contribution in [2.24, 2.45) is 0 Å². The number of alkyl halides is 1. The number of halogens is 1. The standard InChI is InChI=1S/C11H13BrO2/c1-3-11(12,10(13)14-2)9-7-5-4-6-8-9/h4-8H,3H2,1-2H3. The molecule has 0 saturated heterocycles. The van der Waals surface area contributed by atoms with Crippen LogP contribution >= 0.6 is 15.9 Å². The number of methoxy groups -OCH3 is 1. The minimum absolute atomic E-state index is 0.258.